The lowest BCUT2D eigenvalue weighted by molar-refractivity contribution is -0.122. The number of carbonyl (C=O) groups is 1. The molecule has 1 amide bonds. The van der Waals surface area contributed by atoms with E-state index < -0.39 is 5.92 Å². The van der Waals surface area contributed by atoms with Crippen LogP contribution in [0.4, 0.5) is 0 Å². The van der Waals surface area contributed by atoms with Crippen molar-refractivity contribution in [3.63, 3.8) is 0 Å². The second-order valence-corrected chi connectivity index (χ2v) is 3.83. The molecule has 4 N–H and O–H groups in total. The predicted molar refractivity (Wildman–Crippen MR) is 65.0 cm³/mol. The van der Waals surface area contributed by atoms with Gasteiger partial charge in [-0.15, -0.1) is 0 Å². The molecule has 0 aromatic carbocycles. The number of ether oxygens (including phenoxy) is 1. The maximum Gasteiger partial charge on any atom is 0.230 e. The van der Waals surface area contributed by atoms with Crippen LogP contribution in [0.15, 0.2) is 5.16 Å². The zero-order chi connectivity index (χ0) is 13.3. The van der Waals surface area contributed by atoms with Crippen LogP contribution in [0.5, 0.6) is 0 Å². The van der Waals surface area contributed by atoms with Crippen LogP contribution in [-0.2, 0) is 9.53 Å². The lowest BCUT2D eigenvalue weighted by atomic mass is 10.1. The molecule has 0 aliphatic heterocycles. The van der Waals surface area contributed by atoms with Gasteiger partial charge in [0.15, 0.2) is 5.84 Å². The standard InChI is InChI=1S/C10H22N4O3/c1-8(9(11)13-16)10(15)12-4-5-14(2)6-7-17-3/h8,16H,4-7H2,1-3H3,(H2,11,13)(H,12,15). The summed E-state index contributed by atoms with van der Waals surface area (Å²) in [5.41, 5.74) is 5.33. The summed E-state index contributed by atoms with van der Waals surface area (Å²) < 4.78 is 4.94. The molecule has 100 valence electrons. The Kier molecular flexibility index (Phi) is 8.08. The molecule has 0 aliphatic rings. The fourth-order valence-electron chi connectivity index (χ4n) is 1.10. The number of carbonyl (C=O) groups excluding carboxylic acids is 1. The van der Waals surface area contributed by atoms with E-state index in [1.54, 1.807) is 14.0 Å². The third kappa shape index (κ3) is 6.75. The highest BCUT2D eigenvalue weighted by molar-refractivity contribution is 6.01. The first-order valence-corrected chi connectivity index (χ1v) is 5.45. The number of rotatable bonds is 8. The summed E-state index contributed by atoms with van der Waals surface area (Å²) in [6.45, 7) is 4.28. The average molecular weight is 246 g/mol. The number of nitrogens with one attached hydrogen (secondary N) is 1. The molecule has 0 spiro atoms. The van der Waals surface area contributed by atoms with Gasteiger partial charge < -0.3 is 25.9 Å². The average Bonchev–Trinajstić information content (AvgIpc) is 2.34. The van der Waals surface area contributed by atoms with Crippen molar-refractivity contribution in [2.24, 2.45) is 16.8 Å². The van der Waals surface area contributed by atoms with E-state index in [1.807, 2.05) is 11.9 Å². The van der Waals surface area contributed by atoms with Crippen LogP contribution in [0.3, 0.4) is 0 Å². The van der Waals surface area contributed by atoms with Gasteiger partial charge in [-0.05, 0) is 14.0 Å². The van der Waals surface area contributed by atoms with E-state index >= 15 is 0 Å². The first-order valence-electron chi connectivity index (χ1n) is 5.45. The highest BCUT2D eigenvalue weighted by Gasteiger charge is 2.16. The number of oxime groups is 1. The quantitative estimate of drug-likeness (QED) is 0.222. The number of hydrogen-bond acceptors (Lipinski definition) is 5. The van der Waals surface area contributed by atoms with Crippen LogP contribution in [0.1, 0.15) is 6.92 Å². The Labute approximate surface area is 102 Å². The zero-order valence-electron chi connectivity index (χ0n) is 10.6. The second kappa shape index (κ2) is 8.77. The van der Waals surface area contributed by atoms with Gasteiger partial charge >= 0.3 is 0 Å². The number of amides is 1. The van der Waals surface area contributed by atoms with Crippen LogP contribution >= 0.6 is 0 Å². The fraction of sp³-hybridized carbons (Fsp3) is 0.800. The van der Waals surface area contributed by atoms with Crippen molar-refractivity contribution >= 4 is 11.7 Å². The summed E-state index contributed by atoms with van der Waals surface area (Å²) in [6.07, 6.45) is 0. The first kappa shape index (κ1) is 15.7. The third-order valence-electron chi connectivity index (χ3n) is 2.42. The summed E-state index contributed by atoms with van der Waals surface area (Å²) in [5.74, 6) is -0.958. The number of nitrogens with two attached hydrogens (primary N) is 1. The minimum Gasteiger partial charge on any atom is -0.409 e. The number of likely N-dealkylation sites (N-methyl/N-ethyl adjacent to an activating group) is 1. The maximum atomic E-state index is 11.5. The van der Waals surface area contributed by atoms with Gasteiger partial charge in [0.05, 0.1) is 12.5 Å². The van der Waals surface area contributed by atoms with Crippen molar-refractivity contribution in [2.45, 2.75) is 6.92 Å². The Balaban J connectivity index is 3.78. The van der Waals surface area contributed by atoms with Crippen molar-refractivity contribution in [3.05, 3.63) is 0 Å². The van der Waals surface area contributed by atoms with Crippen molar-refractivity contribution in [2.75, 3.05) is 40.4 Å². The molecule has 0 radical (unpaired) electrons. The van der Waals surface area contributed by atoms with E-state index in [-0.39, 0.29) is 11.7 Å². The molecule has 0 aliphatic carbocycles. The van der Waals surface area contributed by atoms with Crippen molar-refractivity contribution < 1.29 is 14.7 Å². The molecule has 1 atom stereocenters. The number of methoxy groups -OCH3 is 1. The van der Waals surface area contributed by atoms with Gasteiger partial charge in [-0.3, -0.25) is 4.79 Å². The normalized spacial score (nSPS) is 13.8. The zero-order valence-corrected chi connectivity index (χ0v) is 10.6. The number of hydrogen-bond donors (Lipinski definition) is 3. The molecule has 17 heavy (non-hydrogen) atoms. The molecule has 7 nitrogen and oxygen atoms in total. The summed E-state index contributed by atoms with van der Waals surface area (Å²) in [6, 6.07) is 0. The van der Waals surface area contributed by atoms with Crippen LogP contribution in [-0.4, -0.2) is 62.2 Å². The van der Waals surface area contributed by atoms with Crippen molar-refractivity contribution in [1.29, 1.82) is 0 Å². The Bertz CT molecular complexity index is 258. The lowest BCUT2D eigenvalue weighted by Gasteiger charge is -2.17. The fourth-order valence-corrected chi connectivity index (χ4v) is 1.10. The molecule has 1 unspecified atom stereocenters. The minimum atomic E-state index is -0.621. The molecule has 0 fully saturated rings. The van der Waals surface area contributed by atoms with Gasteiger partial charge in [0.2, 0.25) is 5.91 Å². The van der Waals surface area contributed by atoms with E-state index in [0.29, 0.717) is 13.2 Å². The smallest absolute Gasteiger partial charge is 0.230 e. The van der Waals surface area contributed by atoms with Crippen molar-refractivity contribution in [1.82, 2.24) is 10.2 Å². The van der Waals surface area contributed by atoms with Gasteiger partial charge in [0, 0.05) is 26.7 Å². The first-order chi connectivity index (χ1) is 8.02. The number of nitrogens with zero attached hydrogens (tertiary/aromatic N) is 2. The molecule has 0 bridgehead atoms. The summed E-state index contributed by atoms with van der Waals surface area (Å²) in [4.78, 5) is 13.6. The highest BCUT2D eigenvalue weighted by Crippen LogP contribution is 1.94. The Morgan fingerprint density at radius 3 is 2.76 bits per heavy atom. The SMILES string of the molecule is COCCN(C)CCNC(=O)C(C)/C(N)=N/O. The molecule has 0 aromatic heterocycles. The second-order valence-electron chi connectivity index (χ2n) is 3.83. The molecule has 0 saturated carbocycles. The van der Waals surface area contributed by atoms with Crippen molar-refractivity contribution in [3.8, 4) is 0 Å². The topological polar surface area (TPSA) is 100 Å². The Morgan fingerprint density at radius 2 is 2.24 bits per heavy atom. The summed E-state index contributed by atoms with van der Waals surface area (Å²) in [7, 11) is 3.59. The molecule has 0 saturated heterocycles. The molecular formula is C10H22N4O3. The van der Waals surface area contributed by atoms with E-state index in [4.69, 9.17) is 15.7 Å². The number of amidine groups is 1. The van der Waals surface area contributed by atoms with Gasteiger partial charge in [-0.2, -0.15) is 0 Å². The van der Waals surface area contributed by atoms with Gasteiger partial charge in [-0.25, -0.2) is 0 Å². The lowest BCUT2D eigenvalue weighted by Crippen LogP contribution is -2.40. The maximum absolute atomic E-state index is 11.5. The molecule has 0 aromatic rings. The summed E-state index contributed by atoms with van der Waals surface area (Å²) in [5, 5.41) is 13.9. The van der Waals surface area contributed by atoms with E-state index in [2.05, 4.69) is 10.5 Å². The van der Waals surface area contributed by atoms with Gasteiger partial charge in [-0.1, -0.05) is 5.16 Å². The van der Waals surface area contributed by atoms with Gasteiger partial charge in [0.25, 0.3) is 0 Å². The largest absolute Gasteiger partial charge is 0.409 e. The van der Waals surface area contributed by atoms with E-state index in [1.165, 1.54) is 0 Å². The third-order valence-corrected chi connectivity index (χ3v) is 2.42. The predicted octanol–water partition coefficient (Wildman–Crippen LogP) is -0.937. The van der Waals surface area contributed by atoms with E-state index in [0.717, 1.165) is 13.1 Å². The molecule has 0 rings (SSSR count). The monoisotopic (exact) mass is 246 g/mol. The molecular weight excluding hydrogens is 224 g/mol. The van der Waals surface area contributed by atoms with Crippen LogP contribution in [0.2, 0.25) is 0 Å². The Hall–Kier alpha value is -1.34. The van der Waals surface area contributed by atoms with Crippen LogP contribution < -0.4 is 11.1 Å². The highest BCUT2D eigenvalue weighted by atomic mass is 16.5. The molecule has 7 heteroatoms. The van der Waals surface area contributed by atoms with Crippen LogP contribution in [0, 0.1) is 5.92 Å². The Morgan fingerprint density at radius 1 is 1.59 bits per heavy atom. The van der Waals surface area contributed by atoms with Crippen LogP contribution in [0.25, 0.3) is 0 Å². The summed E-state index contributed by atoms with van der Waals surface area (Å²) >= 11 is 0. The minimum absolute atomic E-state index is 0.0877. The van der Waals surface area contributed by atoms with Gasteiger partial charge in [0.1, 0.15) is 0 Å². The van der Waals surface area contributed by atoms with E-state index in [9.17, 15) is 4.79 Å². The molecule has 0 heterocycles.